The highest BCUT2D eigenvalue weighted by molar-refractivity contribution is 5.90. The highest BCUT2D eigenvalue weighted by Crippen LogP contribution is 2.09. The molecule has 1 fully saturated rings. The second-order valence-electron chi connectivity index (χ2n) is 6.27. The van der Waals surface area contributed by atoms with Gasteiger partial charge in [-0.1, -0.05) is 36.4 Å². The fourth-order valence-electron chi connectivity index (χ4n) is 2.82. The molecule has 142 valence electrons. The van der Waals surface area contributed by atoms with Crippen molar-refractivity contribution in [1.82, 2.24) is 4.90 Å². The molecule has 1 atom stereocenters. The van der Waals surface area contributed by atoms with Crippen LogP contribution < -0.4 is 0 Å². The first-order valence-electron chi connectivity index (χ1n) is 9.00. The summed E-state index contributed by atoms with van der Waals surface area (Å²) in [4.78, 5) is 26.7. The Labute approximate surface area is 158 Å². The van der Waals surface area contributed by atoms with Gasteiger partial charge in [0.05, 0.1) is 24.3 Å². The number of carbonyl (C=O) groups excluding carboxylic acids is 2. The third-order valence-corrected chi connectivity index (χ3v) is 4.26. The molecule has 6 heteroatoms. The van der Waals surface area contributed by atoms with Crippen LogP contribution in [0.2, 0.25) is 0 Å². The van der Waals surface area contributed by atoms with Crippen molar-refractivity contribution in [1.29, 1.82) is 0 Å². The van der Waals surface area contributed by atoms with Crippen molar-refractivity contribution in [3.63, 3.8) is 0 Å². The van der Waals surface area contributed by atoms with Crippen LogP contribution in [0, 0.1) is 0 Å². The minimum atomic E-state index is -0.552. The maximum atomic E-state index is 12.4. The maximum absolute atomic E-state index is 12.4. The Balaban J connectivity index is 1.61. The molecule has 2 aromatic rings. The standard InChI is InChI=1S/C21H23NO5/c23-20(17-7-3-1-4-8-17)26-16-19(15-22-11-13-25-14-12-22)27-21(24)18-9-5-2-6-10-18/h1-10,19H,11-16H2. The van der Waals surface area contributed by atoms with Gasteiger partial charge in [0.15, 0.2) is 0 Å². The molecule has 0 bridgehead atoms. The van der Waals surface area contributed by atoms with Gasteiger partial charge in [0, 0.05) is 19.6 Å². The summed E-state index contributed by atoms with van der Waals surface area (Å²) < 4.78 is 16.4. The highest BCUT2D eigenvalue weighted by atomic mass is 16.6. The van der Waals surface area contributed by atoms with Crippen LogP contribution in [0.3, 0.4) is 0 Å². The van der Waals surface area contributed by atoms with Crippen LogP contribution in [0.4, 0.5) is 0 Å². The second kappa shape index (κ2) is 9.85. The van der Waals surface area contributed by atoms with Crippen molar-refractivity contribution in [3.8, 4) is 0 Å². The second-order valence-corrected chi connectivity index (χ2v) is 6.27. The van der Waals surface area contributed by atoms with Crippen molar-refractivity contribution < 1.29 is 23.8 Å². The van der Waals surface area contributed by atoms with Crippen molar-refractivity contribution in [2.45, 2.75) is 6.10 Å². The Morgan fingerprint density at radius 3 is 2.04 bits per heavy atom. The molecule has 0 saturated carbocycles. The van der Waals surface area contributed by atoms with E-state index in [1.807, 2.05) is 12.1 Å². The predicted octanol–water partition coefficient (Wildman–Crippen LogP) is 2.40. The fourth-order valence-corrected chi connectivity index (χ4v) is 2.82. The Bertz CT molecular complexity index is 729. The normalized spacial score (nSPS) is 15.7. The van der Waals surface area contributed by atoms with Gasteiger partial charge in [0.1, 0.15) is 12.7 Å². The van der Waals surface area contributed by atoms with Gasteiger partial charge in [0.2, 0.25) is 0 Å². The van der Waals surface area contributed by atoms with E-state index >= 15 is 0 Å². The number of esters is 2. The van der Waals surface area contributed by atoms with Gasteiger partial charge >= 0.3 is 11.9 Å². The average Bonchev–Trinajstić information content (AvgIpc) is 2.73. The summed E-state index contributed by atoms with van der Waals surface area (Å²) in [5.41, 5.74) is 0.941. The molecule has 0 amide bonds. The van der Waals surface area contributed by atoms with Crippen LogP contribution in [-0.4, -0.2) is 62.4 Å². The number of rotatable bonds is 7. The lowest BCUT2D eigenvalue weighted by Crippen LogP contribution is -2.43. The number of nitrogens with zero attached hydrogens (tertiary/aromatic N) is 1. The molecule has 1 heterocycles. The van der Waals surface area contributed by atoms with E-state index in [0.29, 0.717) is 30.9 Å². The summed E-state index contributed by atoms with van der Waals surface area (Å²) in [5.74, 6) is -0.858. The van der Waals surface area contributed by atoms with Crippen molar-refractivity contribution in [2.75, 3.05) is 39.5 Å². The number of morpholine rings is 1. The lowest BCUT2D eigenvalue weighted by Gasteiger charge is -2.30. The molecule has 3 rings (SSSR count). The van der Waals surface area contributed by atoms with Crippen LogP contribution in [0.25, 0.3) is 0 Å². The quantitative estimate of drug-likeness (QED) is 0.699. The van der Waals surface area contributed by atoms with Gasteiger partial charge in [-0.05, 0) is 24.3 Å². The zero-order chi connectivity index (χ0) is 18.9. The average molecular weight is 369 g/mol. The molecule has 0 aliphatic carbocycles. The number of ether oxygens (including phenoxy) is 3. The summed E-state index contributed by atoms with van der Waals surface area (Å²) in [6.45, 7) is 3.29. The topological polar surface area (TPSA) is 65.1 Å². The number of hydrogen-bond donors (Lipinski definition) is 0. The van der Waals surface area contributed by atoms with E-state index in [-0.39, 0.29) is 6.61 Å². The van der Waals surface area contributed by atoms with Crippen molar-refractivity contribution in [2.24, 2.45) is 0 Å². The van der Waals surface area contributed by atoms with Crippen molar-refractivity contribution >= 4 is 11.9 Å². The molecule has 0 radical (unpaired) electrons. The van der Waals surface area contributed by atoms with E-state index in [9.17, 15) is 9.59 Å². The molecular weight excluding hydrogens is 346 g/mol. The first-order chi connectivity index (χ1) is 13.2. The molecule has 1 aliphatic heterocycles. The van der Waals surface area contributed by atoms with Gasteiger partial charge < -0.3 is 14.2 Å². The van der Waals surface area contributed by atoms with Crippen molar-refractivity contribution in [3.05, 3.63) is 71.8 Å². The molecule has 0 aromatic heterocycles. The molecule has 27 heavy (non-hydrogen) atoms. The molecule has 1 unspecified atom stereocenters. The Morgan fingerprint density at radius 1 is 0.889 bits per heavy atom. The molecule has 2 aromatic carbocycles. The highest BCUT2D eigenvalue weighted by Gasteiger charge is 2.23. The minimum Gasteiger partial charge on any atom is -0.458 e. The monoisotopic (exact) mass is 369 g/mol. The molecule has 1 saturated heterocycles. The zero-order valence-corrected chi connectivity index (χ0v) is 15.1. The molecular formula is C21H23NO5. The van der Waals surface area contributed by atoms with E-state index in [4.69, 9.17) is 14.2 Å². The largest absolute Gasteiger partial charge is 0.458 e. The summed E-state index contributed by atoms with van der Waals surface area (Å²) in [7, 11) is 0. The summed E-state index contributed by atoms with van der Waals surface area (Å²) in [6, 6.07) is 17.6. The van der Waals surface area contributed by atoms with E-state index in [0.717, 1.165) is 13.1 Å². The van der Waals surface area contributed by atoms with Crippen LogP contribution in [-0.2, 0) is 14.2 Å². The Kier molecular flexibility index (Phi) is 6.96. The van der Waals surface area contributed by atoms with E-state index in [2.05, 4.69) is 4.90 Å². The first kappa shape index (κ1) is 19.1. The third-order valence-electron chi connectivity index (χ3n) is 4.26. The number of hydrogen-bond acceptors (Lipinski definition) is 6. The van der Waals surface area contributed by atoms with Gasteiger partial charge in [-0.3, -0.25) is 4.90 Å². The fraction of sp³-hybridized carbons (Fsp3) is 0.333. The van der Waals surface area contributed by atoms with E-state index in [1.165, 1.54) is 0 Å². The number of benzene rings is 2. The Morgan fingerprint density at radius 2 is 1.44 bits per heavy atom. The van der Waals surface area contributed by atoms with Crippen LogP contribution in [0.1, 0.15) is 20.7 Å². The summed E-state index contributed by atoms with van der Waals surface area (Å²) >= 11 is 0. The maximum Gasteiger partial charge on any atom is 0.338 e. The third kappa shape index (κ3) is 5.91. The van der Waals surface area contributed by atoms with Crippen LogP contribution in [0.15, 0.2) is 60.7 Å². The van der Waals surface area contributed by atoms with E-state index in [1.54, 1.807) is 48.5 Å². The summed E-state index contributed by atoms with van der Waals surface area (Å²) in [6.07, 6.45) is -0.552. The predicted molar refractivity (Wildman–Crippen MR) is 99.6 cm³/mol. The smallest absolute Gasteiger partial charge is 0.338 e. The lowest BCUT2D eigenvalue weighted by molar-refractivity contribution is -0.0261. The zero-order valence-electron chi connectivity index (χ0n) is 15.1. The van der Waals surface area contributed by atoms with Gasteiger partial charge in [-0.25, -0.2) is 9.59 Å². The SMILES string of the molecule is O=C(OCC(CN1CCOCC1)OC(=O)c1ccccc1)c1ccccc1. The summed E-state index contributed by atoms with van der Waals surface area (Å²) in [5, 5.41) is 0. The molecule has 1 aliphatic rings. The minimum absolute atomic E-state index is 0.00363. The lowest BCUT2D eigenvalue weighted by atomic mass is 10.2. The first-order valence-corrected chi connectivity index (χ1v) is 9.00. The molecule has 0 N–H and O–H groups in total. The van der Waals surface area contributed by atoms with Crippen LogP contribution >= 0.6 is 0 Å². The molecule has 6 nitrogen and oxygen atoms in total. The Hall–Kier alpha value is -2.70. The number of carbonyl (C=O) groups is 2. The van der Waals surface area contributed by atoms with Gasteiger partial charge in [-0.15, -0.1) is 0 Å². The molecule has 0 spiro atoms. The van der Waals surface area contributed by atoms with Crippen LogP contribution in [0.5, 0.6) is 0 Å². The van der Waals surface area contributed by atoms with Gasteiger partial charge in [0.25, 0.3) is 0 Å². The van der Waals surface area contributed by atoms with Gasteiger partial charge in [-0.2, -0.15) is 0 Å². The van der Waals surface area contributed by atoms with E-state index < -0.39 is 18.0 Å².